The number of rotatable bonds is 4. The second-order valence-electron chi connectivity index (χ2n) is 10.0. The Bertz CT molecular complexity index is 985. The largest absolute Gasteiger partial charge is 0.469 e. The molecule has 1 aliphatic carbocycles. The molecule has 0 bridgehead atoms. The molecule has 0 N–H and O–H groups in total. The Morgan fingerprint density at radius 2 is 1.62 bits per heavy atom. The molecule has 1 saturated carbocycles. The Kier molecular flexibility index (Phi) is 7.40. The van der Waals surface area contributed by atoms with Gasteiger partial charge in [0.1, 0.15) is 15.6 Å². The molecule has 4 rings (SSSR count). The maximum absolute atomic E-state index is 12.3. The lowest BCUT2D eigenvalue weighted by molar-refractivity contribution is -0.146. The summed E-state index contributed by atoms with van der Waals surface area (Å²) >= 11 is 1.65. The summed E-state index contributed by atoms with van der Waals surface area (Å²) in [6.45, 7) is 8.51. The summed E-state index contributed by atoms with van der Waals surface area (Å²) in [6.07, 6.45) is 3.35. The summed E-state index contributed by atoms with van der Waals surface area (Å²) in [7, 11) is 1.46. The van der Waals surface area contributed by atoms with Crippen LogP contribution in [0.3, 0.4) is 0 Å². The maximum atomic E-state index is 12.3. The van der Waals surface area contributed by atoms with Crippen LogP contribution in [0.15, 0.2) is 24.3 Å². The van der Waals surface area contributed by atoms with Crippen molar-refractivity contribution < 1.29 is 19.1 Å². The van der Waals surface area contributed by atoms with Gasteiger partial charge in [-0.3, -0.25) is 4.79 Å². The van der Waals surface area contributed by atoms with Crippen LogP contribution in [0, 0.1) is 5.92 Å². The Balaban J connectivity index is 1.31. The molecule has 34 heavy (non-hydrogen) atoms. The molecule has 1 aromatic heterocycles. The number of piperazine rings is 1. The van der Waals surface area contributed by atoms with Crippen molar-refractivity contribution in [3.63, 3.8) is 0 Å². The van der Waals surface area contributed by atoms with Crippen molar-refractivity contribution in [1.82, 2.24) is 15.1 Å². The predicted molar refractivity (Wildman–Crippen MR) is 132 cm³/mol. The summed E-state index contributed by atoms with van der Waals surface area (Å²) in [5.74, 6) is 0.294. The first-order chi connectivity index (χ1) is 16.2. The van der Waals surface area contributed by atoms with Gasteiger partial charge in [0.05, 0.1) is 13.0 Å². The lowest BCUT2D eigenvalue weighted by Gasteiger charge is -2.36. The van der Waals surface area contributed by atoms with Gasteiger partial charge in [0.2, 0.25) is 0 Å². The molecule has 1 aromatic carbocycles. The first-order valence-electron chi connectivity index (χ1n) is 12.0. The second-order valence-corrected chi connectivity index (χ2v) is 11.0. The highest BCUT2D eigenvalue weighted by Crippen LogP contribution is 2.39. The SMILES string of the molecule is COC(=O)C1CCC(c2nnc(-c3ccc(N4CCN(C(=O)OC(C)(C)C)CC4)cc3)s2)CC1. The van der Waals surface area contributed by atoms with Crippen molar-refractivity contribution >= 4 is 29.1 Å². The second kappa shape index (κ2) is 10.3. The number of carbonyl (C=O) groups is 2. The minimum Gasteiger partial charge on any atom is -0.469 e. The van der Waals surface area contributed by atoms with Gasteiger partial charge in [-0.1, -0.05) is 11.3 Å². The van der Waals surface area contributed by atoms with Gasteiger partial charge in [0.15, 0.2) is 0 Å². The summed E-state index contributed by atoms with van der Waals surface area (Å²) in [5, 5.41) is 10.9. The summed E-state index contributed by atoms with van der Waals surface area (Å²) in [6, 6.07) is 8.41. The zero-order chi connectivity index (χ0) is 24.3. The third-order valence-electron chi connectivity index (χ3n) is 6.46. The maximum Gasteiger partial charge on any atom is 0.410 e. The zero-order valence-corrected chi connectivity index (χ0v) is 21.3. The van der Waals surface area contributed by atoms with Gasteiger partial charge < -0.3 is 19.3 Å². The Labute approximate surface area is 205 Å². The average molecular weight is 487 g/mol. The predicted octanol–water partition coefficient (Wildman–Crippen LogP) is 4.71. The molecule has 0 unspecified atom stereocenters. The van der Waals surface area contributed by atoms with E-state index in [-0.39, 0.29) is 18.0 Å². The van der Waals surface area contributed by atoms with E-state index in [2.05, 4.69) is 39.4 Å². The molecule has 0 spiro atoms. The number of nitrogens with zero attached hydrogens (tertiary/aromatic N) is 4. The van der Waals surface area contributed by atoms with Crippen LogP contribution in [0.1, 0.15) is 57.4 Å². The van der Waals surface area contributed by atoms with Crippen molar-refractivity contribution in [2.24, 2.45) is 5.92 Å². The van der Waals surface area contributed by atoms with E-state index in [1.54, 1.807) is 16.2 Å². The molecule has 2 fully saturated rings. The number of esters is 1. The van der Waals surface area contributed by atoms with Gasteiger partial charge in [0.25, 0.3) is 0 Å². The summed E-state index contributed by atoms with van der Waals surface area (Å²) in [4.78, 5) is 28.1. The van der Waals surface area contributed by atoms with Gasteiger partial charge in [-0.25, -0.2) is 4.79 Å². The molecule has 9 heteroatoms. The monoisotopic (exact) mass is 486 g/mol. The molecular weight excluding hydrogens is 452 g/mol. The van der Waals surface area contributed by atoms with Crippen LogP contribution in [0.25, 0.3) is 10.6 Å². The van der Waals surface area contributed by atoms with E-state index < -0.39 is 5.60 Å². The number of anilines is 1. The normalized spacial score (nSPS) is 21.3. The fraction of sp³-hybridized carbons (Fsp3) is 0.600. The van der Waals surface area contributed by atoms with Crippen LogP contribution >= 0.6 is 11.3 Å². The van der Waals surface area contributed by atoms with E-state index in [0.29, 0.717) is 19.0 Å². The summed E-state index contributed by atoms with van der Waals surface area (Å²) in [5.41, 5.74) is 1.72. The molecule has 2 aromatic rings. The topological polar surface area (TPSA) is 84.9 Å². The van der Waals surface area contributed by atoms with Crippen LogP contribution in [-0.2, 0) is 14.3 Å². The highest BCUT2D eigenvalue weighted by atomic mass is 32.1. The van der Waals surface area contributed by atoms with E-state index in [1.807, 2.05) is 20.8 Å². The number of methoxy groups -OCH3 is 1. The van der Waals surface area contributed by atoms with Crippen LogP contribution in [0.4, 0.5) is 10.5 Å². The van der Waals surface area contributed by atoms with Crippen LogP contribution in [0.5, 0.6) is 0 Å². The quantitative estimate of drug-likeness (QED) is 0.579. The average Bonchev–Trinajstić information content (AvgIpc) is 3.33. The van der Waals surface area contributed by atoms with Gasteiger partial charge in [-0.15, -0.1) is 10.2 Å². The van der Waals surface area contributed by atoms with Crippen LogP contribution in [-0.4, -0.2) is 66.0 Å². The third-order valence-corrected chi connectivity index (χ3v) is 7.60. The molecule has 1 saturated heterocycles. The van der Waals surface area contributed by atoms with Crippen molar-refractivity contribution in [3.05, 3.63) is 29.3 Å². The lowest BCUT2D eigenvalue weighted by atomic mass is 9.82. The molecule has 8 nitrogen and oxygen atoms in total. The smallest absolute Gasteiger partial charge is 0.410 e. The van der Waals surface area contributed by atoms with E-state index >= 15 is 0 Å². The number of ether oxygens (including phenoxy) is 2. The Hall–Kier alpha value is -2.68. The molecule has 2 aliphatic rings. The molecule has 2 heterocycles. The van der Waals surface area contributed by atoms with Gasteiger partial charge in [0, 0.05) is 43.3 Å². The first-order valence-corrected chi connectivity index (χ1v) is 12.8. The highest BCUT2D eigenvalue weighted by molar-refractivity contribution is 7.14. The fourth-order valence-corrected chi connectivity index (χ4v) is 5.57. The standard InChI is InChI=1S/C25H34N4O4S/c1-25(2,3)33-24(31)29-15-13-28(14-16-29)20-11-9-18(10-12-20)22-27-26-21(34-22)17-5-7-19(8-6-17)23(30)32-4/h9-12,17,19H,5-8,13-16H2,1-4H3. The van der Waals surface area contributed by atoms with E-state index in [0.717, 1.165) is 60.0 Å². The summed E-state index contributed by atoms with van der Waals surface area (Å²) < 4.78 is 10.4. The van der Waals surface area contributed by atoms with Gasteiger partial charge in [-0.2, -0.15) is 0 Å². The molecule has 0 atom stereocenters. The van der Waals surface area contributed by atoms with E-state index in [1.165, 1.54) is 7.11 Å². The molecule has 184 valence electrons. The minimum absolute atomic E-state index is 0.0205. The highest BCUT2D eigenvalue weighted by Gasteiger charge is 2.30. The first kappa shape index (κ1) is 24.4. The number of amides is 1. The Morgan fingerprint density at radius 3 is 2.21 bits per heavy atom. The van der Waals surface area contributed by atoms with Gasteiger partial charge >= 0.3 is 12.1 Å². The molecule has 1 aliphatic heterocycles. The molecular formula is C25H34N4O4S. The fourth-order valence-electron chi connectivity index (χ4n) is 4.55. The number of aromatic nitrogens is 2. The number of hydrogen-bond acceptors (Lipinski definition) is 8. The third kappa shape index (κ3) is 5.87. The Morgan fingerprint density at radius 1 is 0.971 bits per heavy atom. The number of carbonyl (C=O) groups excluding carboxylic acids is 2. The van der Waals surface area contributed by atoms with Crippen LogP contribution in [0.2, 0.25) is 0 Å². The van der Waals surface area contributed by atoms with E-state index in [4.69, 9.17) is 9.47 Å². The zero-order valence-electron chi connectivity index (χ0n) is 20.5. The number of hydrogen-bond donors (Lipinski definition) is 0. The van der Waals surface area contributed by atoms with Crippen LogP contribution < -0.4 is 4.90 Å². The number of benzene rings is 1. The van der Waals surface area contributed by atoms with Crippen molar-refractivity contribution in [1.29, 1.82) is 0 Å². The van der Waals surface area contributed by atoms with Crippen molar-refractivity contribution in [2.75, 3.05) is 38.2 Å². The minimum atomic E-state index is -0.475. The molecule has 1 amide bonds. The van der Waals surface area contributed by atoms with Crippen molar-refractivity contribution in [3.8, 4) is 10.6 Å². The lowest BCUT2D eigenvalue weighted by Crippen LogP contribution is -2.50. The van der Waals surface area contributed by atoms with Crippen molar-refractivity contribution in [2.45, 2.75) is 58.0 Å². The van der Waals surface area contributed by atoms with Gasteiger partial charge in [-0.05, 0) is 70.7 Å². The van der Waals surface area contributed by atoms with E-state index in [9.17, 15) is 9.59 Å². The molecule has 0 radical (unpaired) electrons.